The Bertz CT molecular complexity index is 310. The number of halogens is 1. The van der Waals surface area contributed by atoms with Crippen molar-refractivity contribution >= 4 is 23.1 Å². The molecule has 13 heavy (non-hydrogen) atoms. The summed E-state index contributed by atoms with van der Waals surface area (Å²) in [5.74, 6) is 1.55. The molecule has 1 aromatic rings. The summed E-state index contributed by atoms with van der Waals surface area (Å²) in [4.78, 5) is 4.11. The summed E-state index contributed by atoms with van der Waals surface area (Å²) in [6, 6.07) is 1.71. The van der Waals surface area contributed by atoms with Crippen LogP contribution < -0.4 is 11.1 Å². The van der Waals surface area contributed by atoms with Crippen LogP contribution in [0.2, 0.25) is 5.02 Å². The number of hydrogen-bond acceptors (Lipinski definition) is 3. The molecule has 1 fully saturated rings. The molecule has 2 rings (SSSR count). The fraction of sp³-hybridized carbons (Fsp3) is 0.444. The van der Waals surface area contributed by atoms with Gasteiger partial charge in [-0.25, -0.2) is 4.98 Å². The average molecular weight is 198 g/mol. The zero-order chi connectivity index (χ0) is 9.26. The average Bonchev–Trinajstić information content (AvgIpc) is 2.86. The van der Waals surface area contributed by atoms with Crippen molar-refractivity contribution in [1.29, 1.82) is 0 Å². The van der Waals surface area contributed by atoms with Crippen molar-refractivity contribution in [3.05, 3.63) is 17.3 Å². The number of nitrogens with zero attached hydrogens (tertiary/aromatic N) is 1. The molecule has 0 amide bonds. The number of aromatic nitrogens is 1. The topological polar surface area (TPSA) is 50.9 Å². The summed E-state index contributed by atoms with van der Waals surface area (Å²) < 4.78 is 0. The monoisotopic (exact) mass is 197 g/mol. The van der Waals surface area contributed by atoms with Crippen molar-refractivity contribution in [3.8, 4) is 0 Å². The lowest BCUT2D eigenvalue weighted by Gasteiger charge is -2.06. The lowest BCUT2D eigenvalue weighted by atomic mass is 10.4. The molecule has 3 nitrogen and oxygen atoms in total. The number of anilines is 2. The summed E-state index contributed by atoms with van der Waals surface area (Å²) in [7, 11) is 0. The molecule has 70 valence electrons. The minimum absolute atomic E-state index is 0.598. The maximum atomic E-state index is 5.93. The molecule has 0 spiro atoms. The lowest BCUT2D eigenvalue weighted by molar-refractivity contribution is 0.883. The van der Waals surface area contributed by atoms with Crippen LogP contribution in [-0.2, 0) is 0 Å². The number of rotatable bonds is 3. The second kappa shape index (κ2) is 3.42. The van der Waals surface area contributed by atoms with Gasteiger partial charge in [0.2, 0.25) is 0 Å². The highest BCUT2D eigenvalue weighted by atomic mass is 35.5. The molecule has 0 saturated heterocycles. The molecular formula is C9H12ClN3. The van der Waals surface area contributed by atoms with Crippen LogP contribution in [0.15, 0.2) is 12.3 Å². The fourth-order valence-corrected chi connectivity index (χ4v) is 1.39. The molecule has 0 atom stereocenters. The molecule has 1 heterocycles. The zero-order valence-corrected chi connectivity index (χ0v) is 8.01. The Morgan fingerprint density at radius 3 is 3.00 bits per heavy atom. The summed E-state index contributed by atoms with van der Waals surface area (Å²) >= 11 is 5.93. The van der Waals surface area contributed by atoms with Gasteiger partial charge >= 0.3 is 0 Å². The Morgan fingerprint density at radius 2 is 2.38 bits per heavy atom. The maximum Gasteiger partial charge on any atom is 0.144 e. The highest BCUT2D eigenvalue weighted by molar-refractivity contribution is 6.33. The minimum atomic E-state index is 0.598. The number of nitrogens with one attached hydrogen (secondary N) is 1. The zero-order valence-electron chi connectivity index (χ0n) is 7.26. The van der Waals surface area contributed by atoms with Gasteiger partial charge in [0.1, 0.15) is 5.82 Å². The third-order valence-electron chi connectivity index (χ3n) is 2.12. The van der Waals surface area contributed by atoms with E-state index in [1.54, 1.807) is 12.3 Å². The third kappa shape index (κ3) is 2.25. The molecule has 0 bridgehead atoms. The van der Waals surface area contributed by atoms with Crippen molar-refractivity contribution < 1.29 is 0 Å². The van der Waals surface area contributed by atoms with E-state index in [0.717, 1.165) is 18.3 Å². The third-order valence-corrected chi connectivity index (χ3v) is 2.41. The van der Waals surface area contributed by atoms with Crippen LogP contribution in [-0.4, -0.2) is 11.5 Å². The van der Waals surface area contributed by atoms with E-state index < -0.39 is 0 Å². The molecule has 1 aliphatic rings. The second-order valence-electron chi connectivity index (χ2n) is 3.42. The van der Waals surface area contributed by atoms with E-state index in [1.807, 2.05) is 0 Å². The quantitative estimate of drug-likeness (QED) is 0.781. The van der Waals surface area contributed by atoms with E-state index in [1.165, 1.54) is 12.8 Å². The number of nitrogen functional groups attached to an aromatic ring is 1. The first-order valence-corrected chi connectivity index (χ1v) is 4.78. The standard InChI is InChI=1S/C9H12ClN3/c10-8-3-7(11)5-13-9(8)12-4-6-1-2-6/h3,5-6H,1-2,4,11H2,(H,12,13). The molecule has 0 aliphatic heterocycles. The van der Waals surface area contributed by atoms with Gasteiger partial charge in [-0.05, 0) is 24.8 Å². The van der Waals surface area contributed by atoms with Crippen molar-refractivity contribution in [1.82, 2.24) is 4.98 Å². The maximum absolute atomic E-state index is 5.93. The Kier molecular flexibility index (Phi) is 2.27. The van der Waals surface area contributed by atoms with E-state index in [2.05, 4.69) is 10.3 Å². The van der Waals surface area contributed by atoms with Gasteiger partial charge in [-0.15, -0.1) is 0 Å². The Hall–Kier alpha value is -0.960. The van der Waals surface area contributed by atoms with Crippen LogP contribution in [0.25, 0.3) is 0 Å². The van der Waals surface area contributed by atoms with Crippen LogP contribution in [0.4, 0.5) is 11.5 Å². The van der Waals surface area contributed by atoms with Crippen LogP contribution in [0.3, 0.4) is 0 Å². The highest BCUT2D eigenvalue weighted by Crippen LogP contribution is 2.30. The number of hydrogen-bond donors (Lipinski definition) is 2. The summed E-state index contributed by atoms with van der Waals surface area (Å²) in [6.45, 7) is 0.969. The fourth-order valence-electron chi connectivity index (χ4n) is 1.15. The van der Waals surface area contributed by atoms with Gasteiger partial charge < -0.3 is 11.1 Å². The molecular weight excluding hydrogens is 186 g/mol. The highest BCUT2D eigenvalue weighted by Gasteiger charge is 2.21. The molecule has 1 aromatic heterocycles. The molecule has 0 aromatic carbocycles. The van der Waals surface area contributed by atoms with E-state index in [-0.39, 0.29) is 0 Å². The SMILES string of the molecule is Nc1cnc(NCC2CC2)c(Cl)c1. The van der Waals surface area contributed by atoms with Gasteiger partial charge in [0.25, 0.3) is 0 Å². The molecule has 1 aliphatic carbocycles. The smallest absolute Gasteiger partial charge is 0.144 e. The van der Waals surface area contributed by atoms with Gasteiger partial charge in [0, 0.05) is 6.54 Å². The number of pyridine rings is 1. The van der Waals surface area contributed by atoms with Crippen LogP contribution >= 0.6 is 11.6 Å². The van der Waals surface area contributed by atoms with Gasteiger partial charge in [-0.1, -0.05) is 11.6 Å². The van der Waals surface area contributed by atoms with Crippen LogP contribution in [0, 0.1) is 5.92 Å². The van der Waals surface area contributed by atoms with Gasteiger partial charge in [0.05, 0.1) is 16.9 Å². The van der Waals surface area contributed by atoms with E-state index >= 15 is 0 Å². The van der Waals surface area contributed by atoms with Crippen LogP contribution in [0.5, 0.6) is 0 Å². The Balaban J connectivity index is 2.01. The molecule has 4 heteroatoms. The van der Waals surface area contributed by atoms with Gasteiger partial charge in [-0.2, -0.15) is 0 Å². The number of nitrogens with two attached hydrogens (primary N) is 1. The van der Waals surface area contributed by atoms with Crippen molar-refractivity contribution in [2.75, 3.05) is 17.6 Å². The van der Waals surface area contributed by atoms with Gasteiger partial charge in [-0.3, -0.25) is 0 Å². The van der Waals surface area contributed by atoms with E-state index in [9.17, 15) is 0 Å². The van der Waals surface area contributed by atoms with E-state index in [4.69, 9.17) is 17.3 Å². The molecule has 0 unspecified atom stereocenters. The Labute approximate surface area is 82.3 Å². The van der Waals surface area contributed by atoms with Gasteiger partial charge in [0.15, 0.2) is 0 Å². The first-order valence-electron chi connectivity index (χ1n) is 4.40. The summed E-state index contributed by atoms with van der Waals surface area (Å²) in [5.41, 5.74) is 6.12. The lowest BCUT2D eigenvalue weighted by Crippen LogP contribution is -2.05. The predicted octanol–water partition coefficient (Wildman–Crippen LogP) is 2.14. The summed E-state index contributed by atoms with van der Waals surface area (Å²) in [6.07, 6.45) is 4.25. The first-order chi connectivity index (χ1) is 6.25. The molecule has 0 radical (unpaired) electrons. The van der Waals surface area contributed by atoms with Crippen molar-refractivity contribution in [2.45, 2.75) is 12.8 Å². The van der Waals surface area contributed by atoms with Crippen LogP contribution in [0.1, 0.15) is 12.8 Å². The summed E-state index contributed by atoms with van der Waals surface area (Å²) in [5, 5.41) is 3.80. The van der Waals surface area contributed by atoms with Crippen molar-refractivity contribution in [3.63, 3.8) is 0 Å². The predicted molar refractivity (Wildman–Crippen MR) is 54.9 cm³/mol. The van der Waals surface area contributed by atoms with E-state index in [0.29, 0.717) is 10.7 Å². The second-order valence-corrected chi connectivity index (χ2v) is 3.83. The molecule has 1 saturated carbocycles. The first kappa shape index (κ1) is 8.63. The Morgan fingerprint density at radius 1 is 1.62 bits per heavy atom. The minimum Gasteiger partial charge on any atom is -0.397 e. The van der Waals surface area contributed by atoms with Crippen molar-refractivity contribution in [2.24, 2.45) is 5.92 Å². The molecule has 3 N–H and O–H groups in total. The largest absolute Gasteiger partial charge is 0.397 e. The normalized spacial score (nSPS) is 15.8.